The number of esters is 2. The molecule has 620 valence electrons. The number of hydrogen-bond donors (Lipinski definition) is 6. The van der Waals surface area contributed by atoms with Crippen molar-refractivity contribution in [1.29, 1.82) is 0 Å². The Labute approximate surface area is 697 Å². The van der Waals surface area contributed by atoms with Crippen LogP contribution in [0.25, 0.3) is 0 Å². The molecule has 0 aliphatic carbocycles. The Bertz CT molecular complexity index is 2130. The average molecular weight is 1580 g/mol. The van der Waals surface area contributed by atoms with Crippen LogP contribution in [0.4, 0.5) is 0 Å². The molecule has 0 aliphatic rings. The number of hydrogen-bond acceptors (Lipinski definition) is 16. The maximum absolute atomic E-state index is 13.2. The number of unbranched alkanes of at least 4 members (excludes halogenated alkanes) is 34. The molecule has 0 aromatic heterocycles. The van der Waals surface area contributed by atoms with E-state index in [1.165, 1.54) is 116 Å². The Hall–Kier alpha value is -1.56. The number of phosphoric ester groups is 2. The zero-order chi connectivity index (χ0) is 77.2. The predicted molar refractivity (Wildman–Crippen MR) is 425 cm³/mol. The summed E-state index contributed by atoms with van der Waals surface area (Å²) in [5.74, 6) is -2.46. The molecule has 0 saturated heterocycles. The fraction of sp³-hybridized carbons (Fsp3) is 0.877. The summed E-state index contributed by atoms with van der Waals surface area (Å²) >= 11 is 0. The van der Waals surface area contributed by atoms with Crippen LogP contribution < -0.4 is 80.4 Å². The van der Waals surface area contributed by atoms with E-state index in [0.717, 1.165) is 128 Å². The summed E-state index contributed by atoms with van der Waals surface area (Å²) in [5, 5.41) is 10.7. The first kappa shape index (κ1) is 110. The molecule has 0 bridgehead atoms. The van der Waals surface area contributed by atoms with Gasteiger partial charge in [-0.2, -0.15) is 0 Å². The summed E-state index contributed by atoms with van der Waals surface area (Å²) in [6, 6.07) is -1.65. The van der Waals surface area contributed by atoms with Gasteiger partial charge < -0.3 is 52.9 Å². The van der Waals surface area contributed by atoms with Crippen molar-refractivity contribution in [1.82, 2.24) is 21.3 Å². The minimum atomic E-state index is -4.73. The number of phosphoric acid groups is 2. The third-order valence-corrected chi connectivity index (χ3v) is 20.2. The molecular formula is C81H156N4Na2O18P2. The van der Waals surface area contributed by atoms with Gasteiger partial charge in [0.1, 0.15) is 18.6 Å². The van der Waals surface area contributed by atoms with E-state index in [0.29, 0.717) is 64.2 Å². The molecule has 0 aromatic carbocycles. The van der Waals surface area contributed by atoms with Gasteiger partial charge in [-0.1, -0.05) is 258 Å². The maximum atomic E-state index is 13.2. The van der Waals surface area contributed by atoms with Crippen LogP contribution in [0.1, 0.15) is 372 Å². The van der Waals surface area contributed by atoms with Gasteiger partial charge in [0.15, 0.2) is 0 Å². The second kappa shape index (κ2) is 81.0. The first-order chi connectivity index (χ1) is 50.9. The Morgan fingerprint density at radius 3 is 0.953 bits per heavy atom. The van der Waals surface area contributed by atoms with Crippen LogP contribution in [0.15, 0.2) is 24.3 Å². The topological polar surface area (TPSA) is 299 Å². The van der Waals surface area contributed by atoms with Gasteiger partial charge in [-0.15, -0.1) is 0 Å². The van der Waals surface area contributed by atoms with Gasteiger partial charge in [-0.05, 0) is 89.9 Å². The smallest absolute Gasteiger partial charge is 1.00 e. The molecule has 6 atom stereocenters. The van der Waals surface area contributed by atoms with Crippen molar-refractivity contribution in [2.75, 3.05) is 65.9 Å². The molecule has 0 fully saturated rings. The first-order valence-corrected chi connectivity index (χ1v) is 45.1. The molecule has 0 radical (unpaired) electrons. The van der Waals surface area contributed by atoms with Gasteiger partial charge in [-0.25, -0.2) is 9.13 Å². The van der Waals surface area contributed by atoms with Crippen molar-refractivity contribution in [2.45, 2.75) is 393 Å². The molecule has 107 heavy (non-hydrogen) atoms. The second-order valence-electron chi connectivity index (χ2n) is 28.5. The minimum absolute atomic E-state index is 0. The molecule has 0 saturated carbocycles. The quantitative estimate of drug-likeness (QED) is 0.00823. The monoisotopic (exact) mass is 1580 g/mol. The summed E-state index contributed by atoms with van der Waals surface area (Å²) in [5.41, 5.74) is 0. The van der Waals surface area contributed by atoms with Crippen molar-refractivity contribution in [3.8, 4) is 0 Å². The fourth-order valence-electron chi connectivity index (χ4n) is 11.9. The van der Waals surface area contributed by atoms with E-state index < -0.39 is 72.4 Å². The average Bonchev–Trinajstić information content (AvgIpc) is 0.915. The zero-order valence-electron chi connectivity index (χ0n) is 71.1. The van der Waals surface area contributed by atoms with Crippen LogP contribution in [0, 0.1) is 0 Å². The van der Waals surface area contributed by atoms with Crippen LogP contribution in [-0.4, -0.2) is 136 Å². The predicted octanol–water partition coefficient (Wildman–Crippen LogP) is 13.7. The van der Waals surface area contributed by atoms with Gasteiger partial charge in [0.2, 0.25) is 23.6 Å². The van der Waals surface area contributed by atoms with Crippen LogP contribution in [-0.2, 0) is 74.9 Å². The summed E-state index contributed by atoms with van der Waals surface area (Å²) in [7, 11) is -9.46. The number of carbonyl (C=O) groups excluding carboxylic acids is 6. The number of allylic oxidation sites excluding steroid dienone is 4. The van der Waals surface area contributed by atoms with Crippen LogP contribution >= 0.6 is 15.6 Å². The Morgan fingerprint density at radius 2 is 0.626 bits per heavy atom. The van der Waals surface area contributed by atoms with Crippen LogP contribution in [0.5, 0.6) is 0 Å². The number of nitrogens with one attached hydrogen (secondary N) is 4. The standard InChI is InChI=1S/C81H154N4O18P2.2Na.2H/c1-7-13-19-25-29-33-37-43-49-55-76(86)84-72(68-96-63-59-74(53-47-41-23-17-11-5)102-80(90)57-51-45-39-35-31-27-21-15-9-3)70-100-104(92,93)98-65-61-82-78(88)67-79(89)83-62-66-99-105(94,95)101-71-73(85-77(87)56-50-44-38-34-30-26-20-14-8-2)69-97-64-60-75(54-48-42-24-18-12-6)103-81(91)58-52-46-40-36-32-28-22-16-10-4;;;;/h35-36,39-40,72-75H,7-34,37-38,41-71H2,1-6H3,(H,82,88)(H,83,89)(H,84,86)(H,85,87)(H,92,93)(H,94,95);;;;/q;2*+1;2*-1/b39-35-,40-36-;;;;/t72?,73?,74-,75-;;;;/m1..../s1. The number of carbonyl (C=O) groups is 6. The Kier molecular flexibility index (Phi) is 83.0. The molecule has 22 nitrogen and oxygen atoms in total. The fourth-order valence-corrected chi connectivity index (χ4v) is 13.4. The van der Waals surface area contributed by atoms with Crippen molar-refractivity contribution >= 4 is 51.2 Å². The summed E-state index contributed by atoms with van der Waals surface area (Å²) < 4.78 is 71.2. The molecule has 4 amide bonds. The number of amides is 4. The summed E-state index contributed by atoms with van der Waals surface area (Å²) in [6.07, 6.45) is 55.9. The van der Waals surface area contributed by atoms with Crippen LogP contribution in [0.2, 0.25) is 0 Å². The third kappa shape index (κ3) is 78.1. The SMILES string of the molecule is CCCCCC/C=C\CCCC(=O)O[C@H](CCCCCCC)CCOCC(COP(=O)(O)OCCNC(=O)CC(=O)NCCOP(=O)(O)OCC(COCC[C@@H](CCCCCCC)OC(=O)CCC/C=C\CCCCCC)NC(=O)CCCCCCCCCCC)NC(=O)CCCCCCCCCCC.[H-].[H-].[Na+].[Na+]. The van der Waals surface area contributed by atoms with Crippen molar-refractivity contribution in [3.05, 3.63) is 24.3 Å². The van der Waals surface area contributed by atoms with Crippen LogP contribution in [0.3, 0.4) is 0 Å². The molecule has 0 aliphatic heterocycles. The third-order valence-electron chi connectivity index (χ3n) is 18.2. The van der Waals surface area contributed by atoms with Gasteiger partial charge >= 0.3 is 86.7 Å². The van der Waals surface area contributed by atoms with E-state index in [9.17, 15) is 47.7 Å². The van der Waals surface area contributed by atoms with Gasteiger partial charge in [0.05, 0.1) is 64.9 Å². The van der Waals surface area contributed by atoms with Gasteiger partial charge in [0.25, 0.3) is 0 Å². The van der Waals surface area contributed by atoms with E-state index in [4.69, 9.17) is 37.0 Å². The minimum Gasteiger partial charge on any atom is -1.00 e. The largest absolute Gasteiger partial charge is 1.00 e. The van der Waals surface area contributed by atoms with Gasteiger partial charge in [0, 0.05) is 51.6 Å². The Morgan fingerprint density at radius 1 is 0.336 bits per heavy atom. The number of rotatable bonds is 80. The molecule has 0 aromatic rings. The maximum Gasteiger partial charge on any atom is 1.00 e. The van der Waals surface area contributed by atoms with Crippen molar-refractivity contribution in [3.63, 3.8) is 0 Å². The van der Waals surface area contributed by atoms with E-state index in [2.05, 4.69) is 87.1 Å². The van der Waals surface area contributed by atoms with E-state index in [1.54, 1.807) is 0 Å². The number of ether oxygens (including phenoxy) is 4. The summed E-state index contributed by atoms with van der Waals surface area (Å²) in [4.78, 5) is 99.1. The second-order valence-corrected chi connectivity index (χ2v) is 31.4. The normalized spacial score (nSPS) is 13.8. The van der Waals surface area contributed by atoms with E-state index in [1.807, 2.05) is 0 Å². The molecule has 0 rings (SSSR count). The molecule has 6 N–H and O–H groups in total. The Balaban J connectivity index is -0.00000901. The van der Waals surface area contributed by atoms with Gasteiger partial charge in [-0.3, -0.25) is 46.9 Å². The zero-order valence-corrected chi connectivity index (χ0v) is 74.9. The first-order valence-electron chi connectivity index (χ1n) is 42.1. The van der Waals surface area contributed by atoms with Crippen molar-refractivity contribution in [2.24, 2.45) is 0 Å². The van der Waals surface area contributed by atoms with Crippen molar-refractivity contribution < 1.29 is 147 Å². The van der Waals surface area contributed by atoms with E-state index >= 15 is 0 Å². The molecule has 0 spiro atoms. The van der Waals surface area contributed by atoms with E-state index in [-0.39, 0.29) is 150 Å². The molecule has 4 unspecified atom stereocenters. The molecule has 0 heterocycles. The molecule has 26 heteroatoms. The molecular weight excluding hydrogens is 1420 g/mol. The summed E-state index contributed by atoms with van der Waals surface area (Å²) in [6.45, 7) is 11.1.